The molecular weight excluding hydrogens is 242 g/mol. The zero-order valence-electron chi connectivity index (χ0n) is 10.2. The highest BCUT2D eigenvalue weighted by Crippen LogP contribution is 2.09. The molecule has 3 nitrogen and oxygen atoms in total. The zero-order valence-corrected chi connectivity index (χ0v) is 11.0. The Morgan fingerprint density at radius 2 is 2.17 bits per heavy atom. The number of benzene rings is 1. The van der Waals surface area contributed by atoms with Gasteiger partial charge in [-0.15, -0.1) is 0 Å². The van der Waals surface area contributed by atoms with Gasteiger partial charge in [0.1, 0.15) is 0 Å². The third-order valence-electron chi connectivity index (χ3n) is 2.45. The average molecular weight is 257 g/mol. The number of hydrogen-bond donors (Lipinski definition) is 2. The molecular formula is C14H15N3S. The minimum Gasteiger partial charge on any atom is -0.358 e. The molecule has 92 valence electrons. The Balaban J connectivity index is 1.86. The van der Waals surface area contributed by atoms with Crippen LogP contribution < -0.4 is 10.6 Å². The molecule has 4 heteroatoms. The van der Waals surface area contributed by atoms with Crippen LogP contribution in [0.5, 0.6) is 0 Å². The van der Waals surface area contributed by atoms with Crippen molar-refractivity contribution >= 4 is 23.0 Å². The first kappa shape index (κ1) is 12.5. The summed E-state index contributed by atoms with van der Waals surface area (Å²) in [4.78, 5) is 4.05. The second-order valence-corrected chi connectivity index (χ2v) is 4.45. The molecule has 1 aromatic carbocycles. The lowest BCUT2D eigenvalue weighted by Gasteiger charge is -2.10. The molecule has 1 heterocycles. The minimum atomic E-state index is 0.615. The van der Waals surface area contributed by atoms with Crippen molar-refractivity contribution in [2.24, 2.45) is 0 Å². The van der Waals surface area contributed by atoms with Gasteiger partial charge >= 0.3 is 0 Å². The summed E-state index contributed by atoms with van der Waals surface area (Å²) in [6, 6.07) is 12.0. The smallest absolute Gasteiger partial charge is 0.171 e. The standard InChI is InChI=1S/C14H15N3S/c1-11-4-2-6-13(8-11)17-14(18)16-10-12-5-3-7-15-9-12/h2-9H,10H2,1H3,(H2,16,17,18). The summed E-state index contributed by atoms with van der Waals surface area (Å²) in [7, 11) is 0. The number of hydrogen-bond acceptors (Lipinski definition) is 2. The molecule has 2 N–H and O–H groups in total. The summed E-state index contributed by atoms with van der Waals surface area (Å²) >= 11 is 5.24. The molecule has 0 aliphatic rings. The summed E-state index contributed by atoms with van der Waals surface area (Å²) in [5, 5.41) is 6.92. The average Bonchev–Trinajstić information content (AvgIpc) is 2.38. The Bertz CT molecular complexity index is 526. The maximum atomic E-state index is 5.24. The van der Waals surface area contributed by atoms with Crippen molar-refractivity contribution in [3.63, 3.8) is 0 Å². The third-order valence-corrected chi connectivity index (χ3v) is 2.70. The van der Waals surface area contributed by atoms with E-state index in [1.165, 1.54) is 5.56 Å². The van der Waals surface area contributed by atoms with Crippen LogP contribution in [0.4, 0.5) is 5.69 Å². The maximum Gasteiger partial charge on any atom is 0.171 e. The van der Waals surface area contributed by atoms with Gasteiger partial charge in [-0.05, 0) is 48.5 Å². The van der Waals surface area contributed by atoms with E-state index in [9.17, 15) is 0 Å². The summed E-state index contributed by atoms with van der Waals surface area (Å²) in [6.45, 7) is 2.72. The topological polar surface area (TPSA) is 37.0 Å². The second-order valence-electron chi connectivity index (χ2n) is 4.04. The third kappa shape index (κ3) is 3.82. The molecule has 0 amide bonds. The first-order chi connectivity index (χ1) is 8.74. The lowest BCUT2D eigenvalue weighted by molar-refractivity contribution is 0.916. The normalized spacial score (nSPS) is 9.83. The summed E-state index contributed by atoms with van der Waals surface area (Å²) < 4.78 is 0. The number of rotatable bonds is 3. The Kier molecular flexibility index (Phi) is 4.25. The highest BCUT2D eigenvalue weighted by Gasteiger charge is 1.98. The van der Waals surface area contributed by atoms with Crippen molar-refractivity contribution in [2.45, 2.75) is 13.5 Å². The molecule has 0 saturated carbocycles. The first-order valence-corrected chi connectivity index (χ1v) is 6.15. The Morgan fingerprint density at radius 3 is 2.89 bits per heavy atom. The number of pyridine rings is 1. The number of anilines is 1. The van der Waals surface area contributed by atoms with Crippen LogP contribution in [0.1, 0.15) is 11.1 Å². The van der Waals surface area contributed by atoms with Gasteiger partial charge in [-0.1, -0.05) is 18.2 Å². The number of nitrogens with zero attached hydrogens (tertiary/aromatic N) is 1. The second kappa shape index (κ2) is 6.12. The number of nitrogens with one attached hydrogen (secondary N) is 2. The van der Waals surface area contributed by atoms with Gasteiger partial charge in [-0.2, -0.15) is 0 Å². The van der Waals surface area contributed by atoms with Crippen molar-refractivity contribution in [3.8, 4) is 0 Å². The van der Waals surface area contributed by atoms with Crippen molar-refractivity contribution in [1.82, 2.24) is 10.3 Å². The van der Waals surface area contributed by atoms with Gasteiger partial charge in [0.15, 0.2) is 5.11 Å². The highest BCUT2D eigenvalue weighted by atomic mass is 32.1. The van der Waals surface area contributed by atoms with Crippen LogP contribution >= 0.6 is 12.2 Å². The maximum absolute atomic E-state index is 5.24. The fourth-order valence-corrected chi connectivity index (χ4v) is 1.77. The number of aromatic nitrogens is 1. The van der Waals surface area contributed by atoms with Gasteiger partial charge < -0.3 is 10.6 Å². The van der Waals surface area contributed by atoms with Crippen LogP contribution in [-0.2, 0) is 6.54 Å². The predicted octanol–water partition coefficient (Wildman–Crippen LogP) is 2.88. The summed E-state index contributed by atoms with van der Waals surface area (Å²) in [5.41, 5.74) is 3.31. The first-order valence-electron chi connectivity index (χ1n) is 5.74. The molecule has 0 radical (unpaired) electrons. The molecule has 2 aromatic rings. The minimum absolute atomic E-state index is 0.615. The van der Waals surface area contributed by atoms with E-state index >= 15 is 0 Å². The zero-order chi connectivity index (χ0) is 12.8. The highest BCUT2D eigenvalue weighted by molar-refractivity contribution is 7.80. The van der Waals surface area contributed by atoms with Gasteiger partial charge in [0, 0.05) is 24.6 Å². The molecule has 0 unspecified atom stereocenters. The van der Waals surface area contributed by atoms with E-state index in [-0.39, 0.29) is 0 Å². The molecule has 0 atom stereocenters. The summed E-state index contributed by atoms with van der Waals surface area (Å²) in [5.74, 6) is 0. The number of aryl methyl sites for hydroxylation is 1. The van der Waals surface area contributed by atoms with Crippen LogP contribution in [0.3, 0.4) is 0 Å². The van der Waals surface area contributed by atoms with E-state index < -0.39 is 0 Å². The van der Waals surface area contributed by atoms with Crippen LogP contribution in [-0.4, -0.2) is 10.1 Å². The fraction of sp³-hybridized carbons (Fsp3) is 0.143. The van der Waals surface area contributed by atoms with Gasteiger partial charge in [0.05, 0.1) is 0 Å². The molecule has 18 heavy (non-hydrogen) atoms. The van der Waals surface area contributed by atoms with Crippen LogP contribution in [0.2, 0.25) is 0 Å². The van der Waals surface area contributed by atoms with Crippen molar-refractivity contribution < 1.29 is 0 Å². The molecule has 0 bridgehead atoms. The van der Waals surface area contributed by atoms with Gasteiger partial charge in [-0.3, -0.25) is 4.98 Å². The monoisotopic (exact) mass is 257 g/mol. The molecule has 0 fully saturated rings. The van der Waals surface area contributed by atoms with E-state index in [2.05, 4.69) is 34.7 Å². The molecule has 0 saturated heterocycles. The lowest BCUT2D eigenvalue weighted by Crippen LogP contribution is -2.27. The Morgan fingerprint density at radius 1 is 1.28 bits per heavy atom. The molecule has 2 rings (SSSR count). The SMILES string of the molecule is Cc1cccc(NC(=S)NCc2cccnc2)c1. The largest absolute Gasteiger partial charge is 0.358 e. The van der Waals surface area contributed by atoms with Crippen molar-refractivity contribution in [2.75, 3.05) is 5.32 Å². The van der Waals surface area contributed by atoms with E-state index in [1.54, 1.807) is 6.20 Å². The molecule has 1 aromatic heterocycles. The van der Waals surface area contributed by atoms with E-state index in [4.69, 9.17) is 12.2 Å². The van der Waals surface area contributed by atoms with Crippen LogP contribution in [0.25, 0.3) is 0 Å². The van der Waals surface area contributed by atoms with Gasteiger partial charge in [0.25, 0.3) is 0 Å². The fourth-order valence-electron chi connectivity index (χ4n) is 1.58. The number of thiocarbonyl (C=S) groups is 1. The van der Waals surface area contributed by atoms with Crippen molar-refractivity contribution in [1.29, 1.82) is 0 Å². The van der Waals surface area contributed by atoms with E-state index in [0.29, 0.717) is 11.7 Å². The molecule has 0 spiro atoms. The van der Waals surface area contributed by atoms with Crippen LogP contribution in [0, 0.1) is 6.92 Å². The predicted molar refractivity (Wildman–Crippen MR) is 78.5 cm³/mol. The molecule has 0 aliphatic heterocycles. The van der Waals surface area contributed by atoms with Gasteiger partial charge in [0.2, 0.25) is 0 Å². The Hall–Kier alpha value is -1.94. The van der Waals surface area contributed by atoms with Crippen LogP contribution in [0.15, 0.2) is 48.8 Å². The Labute approximate surface area is 112 Å². The van der Waals surface area contributed by atoms with E-state index in [0.717, 1.165) is 11.3 Å². The van der Waals surface area contributed by atoms with Gasteiger partial charge in [-0.25, -0.2) is 0 Å². The lowest BCUT2D eigenvalue weighted by atomic mass is 10.2. The quantitative estimate of drug-likeness (QED) is 0.829. The summed E-state index contributed by atoms with van der Waals surface area (Å²) in [6.07, 6.45) is 3.58. The van der Waals surface area contributed by atoms with Crippen molar-refractivity contribution in [3.05, 3.63) is 59.9 Å². The molecule has 0 aliphatic carbocycles. The van der Waals surface area contributed by atoms with E-state index in [1.807, 2.05) is 30.5 Å².